The second-order valence-corrected chi connectivity index (χ2v) is 7.06. The summed E-state index contributed by atoms with van der Waals surface area (Å²) in [6.45, 7) is 1.61. The summed E-state index contributed by atoms with van der Waals surface area (Å²) < 4.78 is 20.2. The molecule has 1 saturated heterocycles. The molecule has 2 amide bonds. The standard InChI is InChI=1S/C23H26FN3O2/c1-3-13-27(17-20-10-7-14-29-20)23(28)25-16-18-11-12-22(21(24)15-18)26(2)19-8-5-4-6-9-19/h1,4-6,8-9,11-12,15,20H,7,10,13-14,16-17H2,2H3,(H,25,28)/t20-/m0/s1. The Morgan fingerprint density at radius 2 is 2.10 bits per heavy atom. The van der Waals surface area contributed by atoms with Gasteiger partial charge in [0, 0.05) is 32.4 Å². The zero-order valence-corrected chi connectivity index (χ0v) is 16.6. The van der Waals surface area contributed by atoms with Crippen LogP contribution >= 0.6 is 0 Å². The number of nitrogens with zero attached hydrogens (tertiary/aromatic N) is 2. The van der Waals surface area contributed by atoms with Gasteiger partial charge in [0.15, 0.2) is 0 Å². The minimum absolute atomic E-state index is 0.0272. The number of carbonyl (C=O) groups is 1. The third-order valence-corrected chi connectivity index (χ3v) is 4.98. The number of terminal acetylenes is 1. The van der Waals surface area contributed by atoms with Crippen LogP contribution in [0.1, 0.15) is 18.4 Å². The van der Waals surface area contributed by atoms with Crippen molar-refractivity contribution in [2.24, 2.45) is 0 Å². The fourth-order valence-corrected chi connectivity index (χ4v) is 3.38. The van der Waals surface area contributed by atoms with E-state index in [1.54, 1.807) is 15.9 Å². The van der Waals surface area contributed by atoms with Crippen molar-refractivity contribution in [1.29, 1.82) is 0 Å². The molecule has 1 N–H and O–H groups in total. The van der Waals surface area contributed by atoms with Crippen molar-refractivity contribution in [3.8, 4) is 12.3 Å². The van der Waals surface area contributed by atoms with E-state index in [4.69, 9.17) is 11.2 Å². The minimum Gasteiger partial charge on any atom is -0.376 e. The molecule has 0 radical (unpaired) electrons. The largest absolute Gasteiger partial charge is 0.376 e. The molecule has 1 aliphatic rings. The molecule has 1 fully saturated rings. The van der Waals surface area contributed by atoms with Crippen LogP contribution in [-0.4, -0.2) is 43.8 Å². The summed E-state index contributed by atoms with van der Waals surface area (Å²) in [5, 5.41) is 2.82. The van der Waals surface area contributed by atoms with Gasteiger partial charge in [0.05, 0.1) is 18.3 Å². The molecule has 0 unspecified atom stereocenters. The number of hydrogen-bond donors (Lipinski definition) is 1. The minimum atomic E-state index is -0.345. The first-order chi connectivity index (χ1) is 14.1. The quantitative estimate of drug-likeness (QED) is 0.723. The van der Waals surface area contributed by atoms with E-state index < -0.39 is 0 Å². The number of para-hydroxylation sites is 1. The van der Waals surface area contributed by atoms with E-state index in [9.17, 15) is 9.18 Å². The van der Waals surface area contributed by atoms with Gasteiger partial charge in [0.1, 0.15) is 5.82 Å². The second-order valence-electron chi connectivity index (χ2n) is 7.06. The molecule has 0 bridgehead atoms. The summed E-state index contributed by atoms with van der Waals surface area (Å²) in [6, 6.07) is 14.3. The predicted molar refractivity (Wildman–Crippen MR) is 113 cm³/mol. The summed E-state index contributed by atoms with van der Waals surface area (Å²) in [7, 11) is 1.82. The molecule has 1 aliphatic heterocycles. The first-order valence-electron chi connectivity index (χ1n) is 9.73. The third kappa shape index (κ3) is 5.49. The van der Waals surface area contributed by atoms with E-state index >= 15 is 0 Å². The van der Waals surface area contributed by atoms with Gasteiger partial charge in [-0.2, -0.15) is 0 Å². The number of urea groups is 1. The number of amides is 2. The van der Waals surface area contributed by atoms with Crippen LogP contribution in [0.5, 0.6) is 0 Å². The first kappa shape index (κ1) is 20.7. The maximum absolute atomic E-state index is 14.7. The Bertz CT molecular complexity index is 860. The van der Waals surface area contributed by atoms with Gasteiger partial charge in [-0.1, -0.05) is 30.2 Å². The van der Waals surface area contributed by atoms with Crippen molar-refractivity contribution in [2.45, 2.75) is 25.5 Å². The van der Waals surface area contributed by atoms with E-state index in [1.807, 2.05) is 43.4 Å². The lowest BCUT2D eigenvalue weighted by molar-refractivity contribution is 0.0845. The Balaban J connectivity index is 1.60. The van der Waals surface area contributed by atoms with Gasteiger partial charge in [-0.25, -0.2) is 9.18 Å². The number of carbonyl (C=O) groups excluding carboxylic acids is 1. The molecule has 0 saturated carbocycles. The normalized spacial score (nSPS) is 15.6. The molecule has 3 rings (SSSR count). The number of anilines is 2. The Labute approximate surface area is 171 Å². The molecule has 5 nitrogen and oxygen atoms in total. The van der Waals surface area contributed by atoms with E-state index in [-0.39, 0.29) is 31.0 Å². The summed E-state index contributed by atoms with van der Waals surface area (Å²) in [5.74, 6) is 2.16. The highest BCUT2D eigenvalue weighted by Gasteiger charge is 2.22. The molecule has 152 valence electrons. The lowest BCUT2D eigenvalue weighted by Gasteiger charge is -2.24. The number of rotatable bonds is 7. The van der Waals surface area contributed by atoms with Crippen LogP contribution < -0.4 is 10.2 Å². The number of nitrogens with one attached hydrogen (secondary N) is 1. The molecule has 1 atom stereocenters. The monoisotopic (exact) mass is 395 g/mol. The van der Waals surface area contributed by atoms with E-state index in [1.165, 1.54) is 6.07 Å². The third-order valence-electron chi connectivity index (χ3n) is 4.98. The van der Waals surface area contributed by atoms with Gasteiger partial charge in [0.25, 0.3) is 0 Å². The zero-order valence-electron chi connectivity index (χ0n) is 16.6. The highest BCUT2D eigenvalue weighted by atomic mass is 19.1. The summed E-state index contributed by atoms with van der Waals surface area (Å²) in [6.07, 6.45) is 7.35. The van der Waals surface area contributed by atoms with Crippen molar-refractivity contribution in [2.75, 3.05) is 31.6 Å². The lowest BCUT2D eigenvalue weighted by Crippen LogP contribution is -2.43. The van der Waals surface area contributed by atoms with Gasteiger partial charge < -0.3 is 19.9 Å². The zero-order chi connectivity index (χ0) is 20.6. The van der Waals surface area contributed by atoms with Gasteiger partial charge in [-0.05, 0) is 42.7 Å². The van der Waals surface area contributed by atoms with Crippen molar-refractivity contribution in [3.63, 3.8) is 0 Å². The Morgan fingerprint density at radius 1 is 1.31 bits per heavy atom. The van der Waals surface area contributed by atoms with Crippen LogP contribution in [0.2, 0.25) is 0 Å². The van der Waals surface area contributed by atoms with Gasteiger partial charge >= 0.3 is 6.03 Å². The molecule has 0 aromatic heterocycles. The van der Waals surface area contributed by atoms with E-state index in [0.29, 0.717) is 17.8 Å². The average Bonchev–Trinajstić information content (AvgIpc) is 3.25. The molecular weight excluding hydrogens is 369 g/mol. The van der Waals surface area contributed by atoms with Crippen molar-refractivity contribution >= 4 is 17.4 Å². The smallest absolute Gasteiger partial charge is 0.318 e. The van der Waals surface area contributed by atoms with Crippen LogP contribution in [0.25, 0.3) is 0 Å². The van der Waals surface area contributed by atoms with Crippen LogP contribution in [0.3, 0.4) is 0 Å². The van der Waals surface area contributed by atoms with Gasteiger partial charge in [-0.15, -0.1) is 6.42 Å². The molecule has 0 spiro atoms. The van der Waals surface area contributed by atoms with Crippen LogP contribution in [-0.2, 0) is 11.3 Å². The second kappa shape index (κ2) is 9.94. The highest BCUT2D eigenvalue weighted by Crippen LogP contribution is 2.26. The molecule has 2 aromatic carbocycles. The number of ether oxygens (including phenoxy) is 1. The Morgan fingerprint density at radius 3 is 2.76 bits per heavy atom. The molecule has 0 aliphatic carbocycles. The Kier molecular flexibility index (Phi) is 7.09. The molecule has 2 aromatic rings. The lowest BCUT2D eigenvalue weighted by atomic mass is 10.1. The summed E-state index contributed by atoms with van der Waals surface area (Å²) >= 11 is 0. The van der Waals surface area contributed by atoms with Crippen molar-refractivity contribution in [1.82, 2.24) is 10.2 Å². The maximum Gasteiger partial charge on any atom is 0.318 e. The SMILES string of the molecule is C#CCN(C[C@@H]1CCCO1)C(=O)NCc1ccc(N(C)c2ccccc2)c(F)c1. The maximum atomic E-state index is 14.7. The molecular formula is C23H26FN3O2. The predicted octanol–water partition coefficient (Wildman–Crippen LogP) is 3.92. The van der Waals surface area contributed by atoms with Crippen molar-refractivity contribution in [3.05, 3.63) is 59.9 Å². The summed E-state index contributed by atoms with van der Waals surface area (Å²) in [4.78, 5) is 15.8. The van der Waals surface area contributed by atoms with Gasteiger partial charge in [-0.3, -0.25) is 0 Å². The fraction of sp³-hybridized carbons (Fsp3) is 0.348. The van der Waals surface area contributed by atoms with Crippen LogP contribution in [0.15, 0.2) is 48.5 Å². The van der Waals surface area contributed by atoms with Crippen LogP contribution in [0.4, 0.5) is 20.6 Å². The topological polar surface area (TPSA) is 44.8 Å². The molecule has 6 heteroatoms. The van der Waals surface area contributed by atoms with Crippen molar-refractivity contribution < 1.29 is 13.9 Å². The van der Waals surface area contributed by atoms with E-state index in [0.717, 1.165) is 25.1 Å². The molecule has 1 heterocycles. The van der Waals surface area contributed by atoms with Crippen LogP contribution in [0, 0.1) is 18.2 Å². The molecule has 29 heavy (non-hydrogen) atoms. The number of benzene rings is 2. The number of hydrogen-bond acceptors (Lipinski definition) is 3. The Hall–Kier alpha value is -3.04. The summed E-state index contributed by atoms with van der Waals surface area (Å²) in [5.41, 5.74) is 2.05. The number of halogens is 1. The highest BCUT2D eigenvalue weighted by molar-refractivity contribution is 5.74. The van der Waals surface area contributed by atoms with Gasteiger partial charge in [0.2, 0.25) is 0 Å². The first-order valence-corrected chi connectivity index (χ1v) is 9.73. The average molecular weight is 395 g/mol. The fourth-order valence-electron chi connectivity index (χ4n) is 3.38. The van der Waals surface area contributed by atoms with E-state index in [2.05, 4.69) is 11.2 Å².